The highest BCUT2D eigenvalue weighted by Gasteiger charge is 2.01. The molecule has 72 valence electrons. The van der Waals surface area contributed by atoms with Crippen molar-refractivity contribution in [1.29, 1.82) is 0 Å². The number of aliphatic hydroxyl groups excluding tert-OH is 1. The normalized spacial score (nSPS) is 12.5. The third kappa shape index (κ3) is 2.63. The van der Waals surface area contributed by atoms with Gasteiger partial charge in [-0.1, -0.05) is 12.1 Å². The molecule has 0 spiro atoms. The molecule has 0 aromatic heterocycles. The molecule has 0 fully saturated rings. The van der Waals surface area contributed by atoms with Crippen LogP contribution in [0.2, 0.25) is 0 Å². The highest BCUT2D eigenvalue weighted by Crippen LogP contribution is 2.21. The molecule has 1 rings (SSSR count). The van der Waals surface area contributed by atoms with Crippen LogP contribution in [-0.4, -0.2) is 17.8 Å². The van der Waals surface area contributed by atoms with Crippen LogP contribution in [0.25, 0.3) is 0 Å². The van der Waals surface area contributed by atoms with Crippen molar-refractivity contribution in [2.75, 3.05) is 17.6 Å². The smallest absolute Gasteiger partial charge is 0.0684 e. The lowest BCUT2D eigenvalue weighted by molar-refractivity contribution is 0.208. The number of aryl methyl sites for hydroxylation is 1. The minimum atomic E-state index is -0.361. The molecule has 0 bridgehead atoms. The Morgan fingerprint density at radius 3 is 2.85 bits per heavy atom. The minimum absolute atomic E-state index is 0.361. The number of anilines is 2. The summed E-state index contributed by atoms with van der Waals surface area (Å²) in [6, 6.07) is 5.81. The number of rotatable bonds is 3. The maximum Gasteiger partial charge on any atom is 0.0684 e. The highest BCUT2D eigenvalue weighted by molar-refractivity contribution is 5.69. The van der Waals surface area contributed by atoms with Gasteiger partial charge in [0.05, 0.1) is 17.5 Å². The number of benzene rings is 1. The van der Waals surface area contributed by atoms with Crippen LogP contribution in [0, 0.1) is 6.92 Å². The molecule has 0 saturated carbocycles. The summed E-state index contributed by atoms with van der Waals surface area (Å²) in [7, 11) is 0. The molecule has 13 heavy (non-hydrogen) atoms. The van der Waals surface area contributed by atoms with Crippen LogP contribution in [0.1, 0.15) is 12.5 Å². The lowest BCUT2D eigenvalue weighted by Gasteiger charge is -2.12. The van der Waals surface area contributed by atoms with Gasteiger partial charge in [0.25, 0.3) is 0 Å². The van der Waals surface area contributed by atoms with Crippen LogP contribution in [0.15, 0.2) is 18.2 Å². The molecule has 3 heteroatoms. The molecule has 0 aliphatic carbocycles. The topological polar surface area (TPSA) is 58.3 Å². The quantitative estimate of drug-likeness (QED) is 0.616. The third-order valence-corrected chi connectivity index (χ3v) is 1.91. The lowest BCUT2D eigenvalue weighted by atomic mass is 10.1. The predicted molar refractivity (Wildman–Crippen MR) is 55.8 cm³/mol. The number of hydrogen-bond donors (Lipinski definition) is 3. The number of nitrogens with two attached hydrogens (primary N) is 1. The van der Waals surface area contributed by atoms with E-state index < -0.39 is 0 Å². The Bertz CT molecular complexity index is 284. The van der Waals surface area contributed by atoms with Gasteiger partial charge >= 0.3 is 0 Å². The van der Waals surface area contributed by atoms with Gasteiger partial charge in [-0.25, -0.2) is 0 Å². The number of nitrogen functional groups attached to an aromatic ring is 1. The van der Waals surface area contributed by atoms with E-state index in [9.17, 15) is 0 Å². The van der Waals surface area contributed by atoms with Crippen molar-refractivity contribution >= 4 is 11.4 Å². The van der Waals surface area contributed by atoms with Crippen LogP contribution in [0.4, 0.5) is 11.4 Å². The fraction of sp³-hybridized carbons (Fsp3) is 0.400. The molecule has 0 amide bonds. The lowest BCUT2D eigenvalue weighted by Crippen LogP contribution is -2.16. The Morgan fingerprint density at radius 2 is 2.23 bits per heavy atom. The molecule has 4 N–H and O–H groups in total. The fourth-order valence-electron chi connectivity index (χ4n) is 1.09. The van der Waals surface area contributed by atoms with E-state index in [2.05, 4.69) is 5.32 Å². The van der Waals surface area contributed by atoms with Crippen LogP contribution in [0.5, 0.6) is 0 Å². The van der Waals surface area contributed by atoms with Crippen molar-refractivity contribution in [3.05, 3.63) is 23.8 Å². The molecule has 1 atom stereocenters. The molecule has 0 aliphatic heterocycles. The van der Waals surface area contributed by atoms with Gasteiger partial charge in [0, 0.05) is 6.54 Å². The van der Waals surface area contributed by atoms with Crippen LogP contribution < -0.4 is 11.1 Å². The standard InChI is InChI=1S/C10H16N2O/c1-7-4-3-5-9(10(7)11)12-6-8(2)13/h3-5,8,12-13H,6,11H2,1-2H3. The second-order valence-electron chi connectivity index (χ2n) is 3.27. The minimum Gasteiger partial charge on any atom is -0.397 e. The van der Waals surface area contributed by atoms with Crippen molar-refractivity contribution in [3.63, 3.8) is 0 Å². The molecule has 1 aromatic rings. The monoisotopic (exact) mass is 180 g/mol. The first-order valence-corrected chi connectivity index (χ1v) is 4.38. The average Bonchev–Trinajstić information content (AvgIpc) is 2.07. The number of hydrogen-bond acceptors (Lipinski definition) is 3. The largest absolute Gasteiger partial charge is 0.397 e. The van der Waals surface area contributed by atoms with Crippen LogP contribution in [-0.2, 0) is 0 Å². The highest BCUT2D eigenvalue weighted by atomic mass is 16.3. The summed E-state index contributed by atoms with van der Waals surface area (Å²) in [4.78, 5) is 0. The van der Waals surface area contributed by atoms with Gasteiger partial charge in [0.1, 0.15) is 0 Å². The summed E-state index contributed by atoms with van der Waals surface area (Å²) in [6.45, 7) is 4.22. The number of aliphatic hydroxyl groups is 1. The first-order chi connectivity index (χ1) is 6.11. The van der Waals surface area contributed by atoms with Crippen molar-refractivity contribution in [2.45, 2.75) is 20.0 Å². The molecule has 0 saturated heterocycles. The molecule has 1 unspecified atom stereocenters. The first-order valence-electron chi connectivity index (χ1n) is 4.38. The van der Waals surface area contributed by atoms with Crippen molar-refractivity contribution in [3.8, 4) is 0 Å². The number of para-hydroxylation sites is 1. The third-order valence-electron chi connectivity index (χ3n) is 1.91. The van der Waals surface area contributed by atoms with E-state index in [4.69, 9.17) is 10.8 Å². The summed E-state index contributed by atoms with van der Waals surface area (Å²) in [6.07, 6.45) is -0.361. The van der Waals surface area contributed by atoms with Gasteiger partial charge in [-0.05, 0) is 25.5 Å². The van der Waals surface area contributed by atoms with E-state index in [1.54, 1.807) is 6.92 Å². The fourth-order valence-corrected chi connectivity index (χ4v) is 1.09. The van der Waals surface area contributed by atoms with E-state index in [0.29, 0.717) is 6.54 Å². The summed E-state index contributed by atoms with van der Waals surface area (Å²) >= 11 is 0. The summed E-state index contributed by atoms with van der Waals surface area (Å²) < 4.78 is 0. The van der Waals surface area contributed by atoms with Gasteiger partial charge in [-0.15, -0.1) is 0 Å². The van der Waals surface area contributed by atoms with Crippen molar-refractivity contribution < 1.29 is 5.11 Å². The zero-order chi connectivity index (χ0) is 9.84. The molecular formula is C10H16N2O. The molecule has 1 aromatic carbocycles. The Labute approximate surface area is 78.6 Å². The molecule has 0 heterocycles. The molecular weight excluding hydrogens is 164 g/mol. The molecule has 0 aliphatic rings. The second-order valence-corrected chi connectivity index (χ2v) is 3.27. The summed E-state index contributed by atoms with van der Waals surface area (Å²) in [5.74, 6) is 0. The Morgan fingerprint density at radius 1 is 1.54 bits per heavy atom. The van der Waals surface area contributed by atoms with Gasteiger partial charge < -0.3 is 16.2 Å². The van der Waals surface area contributed by atoms with E-state index >= 15 is 0 Å². The van der Waals surface area contributed by atoms with E-state index in [1.165, 1.54) is 0 Å². The molecule has 0 radical (unpaired) electrons. The van der Waals surface area contributed by atoms with Gasteiger partial charge in [-0.3, -0.25) is 0 Å². The van der Waals surface area contributed by atoms with E-state index in [-0.39, 0.29) is 6.10 Å². The van der Waals surface area contributed by atoms with Crippen LogP contribution >= 0.6 is 0 Å². The Balaban J connectivity index is 2.71. The maximum atomic E-state index is 9.07. The van der Waals surface area contributed by atoms with E-state index in [1.807, 2.05) is 25.1 Å². The zero-order valence-electron chi connectivity index (χ0n) is 8.04. The van der Waals surface area contributed by atoms with Crippen molar-refractivity contribution in [1.82, 2.24) is 0 Å². The zero-order valence-corrected chi connectivity index (χ0v) is 8.04. The average molecular weight is 180 g/mol. The van der Waals surface area contributed by atoms with Crippen molar-refractivity contribution in [2.24, 2.45) is 0 Å². The van der Waals surface area contributed by atoms with Crippen LogP contribution in [0.3, 0.4) is 0 Å². The van der Waals surface area contributed by atoms with Gasteiger partial charge in [0.15, 0.2) is 0 Å². The first kappa shape index (κ1) is 9.86. The maximum absolute atomic E-state index is 9.07. The molecule has 3 nitrogen and oxygen atoms in total. The SMILES string of the molecule is Cc1cccc(NCC(C)O)c1N. The number of nitrogens with one attached hydrogen (secondary N) is 1. The Hall–Kier alpha value is -1.22. The van der Waals surface area contributed by atoms with E-state index in [0.717, 1.165) is 16.9 Å². The Kier molecular flexibility index (Phi) is 3.14. The van der Waals surface area contributed by atoms with Gasteiger partial charge in [-0.2, -0.15) is 0 Å². The van der Waals surface area contributed by atoms with Gasteiger partial charge in [0.2, 0.25) is 0 Å². The summed E-state index contributed by atoms with van der Waals surface area (Å²) in [5, 5.41) is 12.1. The predicted octanol–water partition coefficient (Wildman–Crippen LogP) is 1.37. The summed E-state index contributed by atoms with van der Waals surface area (Å²) in [5.41, 5.74) is 8.52. The second kappa shape index (κ2) is 4.14.